The predicted octanol–water partition coefficient (Wildman–Crippen LogP) is 5.57. The van der Waals surface area contributed by atoms with Crippen molar-refractivity contribution in [1.29, 1.82) is 5.41 Å². The van der Waals surface area contributed by atoms with Crippen molar-refractivity contribution in [3.05, 3.63) is 113 Å². The van der Waals surface area contributed by atoms with Crippen molar-refractivity contribution in [1.82, 2.24) is 4.90 Å². The Morgan fingerprint density at radius 1 is 0.938 bits per heavy atom. The van der Waals surface area contributed by atoms with E-state index in [1.807, 2.05) is 90.3 Å². The van der Waals surface area contributed by atoms with Crippen LogP contribution in [0, 0.1) is 5.41 Å². The highest BCUT2D eigenvalue weighted by Gasteiger charge is 2.36. The molecule has 0 saturated carbocycles. The van der Waals surface area contributed by atoms with Crippen molar-refractivity contribution >= 4 is 40.4 Å². The summed E-state index contributed by atoms with van der Waals surface area (Å²) < 4.78 is 5.83. The fraction of sp³-hybridized carbons (Fsp3) is 0.0385. The molecular weight excluding hydrogens is 418 g/mol. The maximum absolute atomic E-state index is 12.6. The van der Waals surface area contributed by atoms with Gasteiger partial charge in [-0.15, -0.1) is 0 Å². The third-order valence-corrected chi connectivity index (χ3v) is 5.95. The molecule has 1 N–H and O–H groups in total. The molecule has 2 heterocycles. The zero-order chi connectivity index (χ0) is 21.9. The SMILES string of the molecule is N=C1C(=Cc2ccc(OCc3ccccc3)cc2)C(=O)N=C2SC=C(c3ccccc3)N12. The fourth-order valence-corrected chi connectivity index (χ4v) is 4.37. The van der Waals surface area contributed by atoms with Crippen LogP contribution in [-0.4, -0.2) is 21.8 Å². The van der Waals surface area contributed by atoms with Crippen LogP contribution in [0.4, 0.5) is 0 Å². The predicted molar refractivity (Wildman–Crippen MR) is 129 cm³/mol. The monoisotopic (exact) mass is 437 g/mol. The average Bonchev–Trinajstić information content (AvgIpc) is 3.26. The van der Waals surface area contributed by atoms with Gasteiger partial charge in [0.05, 0.1) is 11.3 Å². The van der Waals surface area contributed by atoms with E-state index >= 15 is 0 Å². The number of carbonyl (C=O) groups is 1. The van der Waals surface area contributed by atoms with Crippen LogP contribution in [0.25, 0.3) is 11.8 Å². The molecule has 0 atom stereocenters. The zero-order valence-corrected chi connectivity index (χ0v) is 17.9. The molecule has 0 saturated heterocycles. The number of hydrogen-bond acceptors (Lipinski definition) is 4. The molecule has 3 aromatic carbocycles. The first kappa shape index (κ1) is 20.0. The fourth-order valence-electron chi connectivity index (χ4n) is 3.48. The summed E-state index contributed by atoms with van der Waals surface area (Å²) >= 11 is 1.36. The van der Waals surface area contributed by atoms with Crippen molar-refractivity contribution < 1.29 is 9.53 Å². The first-order chi connectivity index (χ1) is 15.7. The summed E-state index contributed by atoms with van der Waals surface area (Å²) in [4.78, 5) is 18.6. The van der Waals surface area contributed by atoms with Gasteiger partial charge in [0, 0.05) is 5.41 Å². The van der Waals surface area contributed by atoms with Gasteiger partial charge in [-0.1, -0.05) is 84.6 Å². The number of carbonyl (C=O) groups excluding carboxylic acids is 1. The largest absolute Gasteiger partial charge is 0.489 e. The lowest BCUT2D eigenvalue weighted by molar-refractivity contribution is -0.114. The summed E-state index contributed by atoms with van der Waals surface area (Å²) in [5.74, 6) is 0.469. The maximum Gasteiger partial charge on any atom is 0.283 e. The van der Waals surface area contributed by atoms with Gasteiger partial charge in [0.2, 0.25) is 0 Å². The second-order valence-corrected chi connectivity index (χ2v) is 8.11. The maximum atomic E-state index is 12.6. The number of aliphatic imine (C=N–C) groups is 1. The molecule has 0 fully saturated rings. The third kappa shape index (κ3) is 4.00. The van der Waals surface area contributed by atoms with E-state index in [0.29, 0.717) is 11.8 Å². The van der Waals surface area contributed by atoms with E-state index in [1.54, 1.807) is 11.0 Å². The molecule has 1 amide bonds. The molecule has 0 aromatic heterocycles. The van der Waals surface area contributed by atoms with Gasteiger partial charge in [0.15, 0.2) is 5.17 Å². The summed E-state index contributed by atoms with van der Waals surface area (Å²) in [5, 5.41) is 11.2. The number of fused-ring (bicyclic) bond motifs is 1. The molecule has 3 aromatic rings. The molecular formula is C26H19N3O2S. The third-order valence-electron chi connectivity index (χ3n) is 5.12. The normalized spacial score (nSPS) is 16.6. The summed E-state index contributed by atoms with van der Waals surface area (Å²) in [6, 6.07) is 27.3. The van der Waals surface area contributed by atoms with Crippen LogP contribution >= 0.6 is 11.8 Å². The standard InChI is InChI=1S/C26H19N3O2S/c27-24-22(15-18-11-13-21(14-12-18)31-16-19-7-3-1-4-8-19)25(30)28-26-29(24)23(17-32-26)20-9-5-2-6-10-20/h1-15,17,27H,16H2. The van der Waals surface area contributed by atoms with Gasteiger partial charge in [-0.25, -0.2) is 0 Å². The Bertz CT molecular complexity index is 1260. The van der Waals surface area contributed by atoms with Gasteiger partial charge in [-0.2, -0.15) is 4.99 Å². The summed E-state index contributed by atoms with van der Waals surface area (Å²) in [5.41, 5.74) is 3.99. The molecule has 0 unspecified atom stereocenters. The minimum absolute atomic E-state index is 0.129. The molecule has 0 bridgehead atoms. The molecule has 0 radical (unpaired) electrons. The van der Waals surface area contributed by atoms with Gasteiger partial charge in [-0.05, 0) is 34.9 Å². The Balaban J connectivity index is 1.35. The van der Waals surface area contributed by atoms with E-state index in [-0.39, 0.29) is 11.4 Å². The highest BCUT2D eigenvalue weighted by Crippen LogP contribution is 2.37. The summed E-state index contributed by atoms with van der Waals surface area (Å²) in [6.07, 6.45) is 1.71. The number of amidine groups is 2. The van der Waals surface area contributed by atoms with Crippen LogP contribution in [0.3, 0.4) is 0 Å². The number of hydrogen-bond donors (Lipinski definition) is 1. The van der Waals surface area contributed by atoms with Crippen molar-refractivity contribution in [2.24, 2.45) is 4.99 Å². The highest BCUT2D eigenvalue weighted by molar-refractivity contribution is 8.17. The summed E-state index contributed by atoms with van der Waals surface area (Å²) in [6.45, 7) is 0.489. The Hall–Kier alpha value is -3.90. The van der Waals surface area contributed by atoms with Crippen LogP contribution < -0.4 is 4.74 Å². The number of amides is 1. The number of thioether (sulfide) groups is 1. The Morgan fingerprint density at radius 2 is 1.62 bits per heavy atom. The van der Waals surface area contributed by atoms with E-state index in [9.17, 15) is 4.79 Å². The van der Waals surface area contributed by atoms with Crippen molar-refractivity contribution in [3.8, 4) is 5.75 Å². The minimum Gasteiger partial charge on any atom is -0.489 e. The Kier molecular flexibility index (Phi) is 5.44. The molecule has 0 spiro atoms. The molecule has 5 nitrogen and oxygen atoms in total. The number of benzene rings is 3. The lowest BCUT2D eigenvalue weighted by Gasteiger charge is -2.26. The smallest absolute Gasteiger partial charge is 0.283 e. The topological polar surface area (TPSA) is 65.8 Å². The van der Waals surface area contributed by atoms with Crippen LogP contribution in [0.5, 0.6) is 5.75 Å². The van der Waals surface area contributed by atoms with Gasteiger partial charge < -0.3 is 4.74 Å². The van der Waals surface area contributed by atoms with E-state index in [2.05, 4.69) is 4.99 Å². The van der Waals surface area contributed by atoms with Crippen LogP contribution in [0.15, 0.2) is 101 Å². The van der Waals surface area contributed by atoms with Crippen LogP contribution in [-0.2, 0) is 11.4 Å². The zero-order valence-electron chi connectivity index (χ0n) is 17.1. The second-order valence-electron chi connectivity index (χ2n) is 7.27. The van der Waals surface area contributed by atoms with E-state index in [4.69, 9.17) is 10.1 Å². The van der Waals surface area contributed by atoms with Crippen molar-refractivity contribution in [2.75, 3.05) is 0 Å². The molecule has 0 aliphatic carbocycles. The lowest BCUT2D eigenvalue weighted by atomic mass is 10.1. The van der Waals surface area contributed by atoms with Gasteiger partial charge in [-0.3, -0.25) is 15.1 Å². The first-order valence-corrected chi connectivity index (χ1v) is 11.0. The second kappa shape index (κ2) is 8.69. The van der Waals surface area contributed by atoms with E-state index in [1.165, 1.54) is 11.8 Å². The number of nitrogens with zero attached hydrogens (tertiary/aromatic N) is 2. The van der Waals surface area contributed by atoms with Gasteiger partial charge >= 0.3 is 0 Å². The minimum atomic E-state index is -0.402. The molecule has 2 aliphatic heterocycles. The van der Waals surface area contributed by atoms with E-state index in [0.717, 1.165) is 28.1 Å². The summed E-state index contributed by atoms with van der Waals surface area (Å²) in [7, 11) is 0. The van der Waals surface area contributed by atoms with Crippen molar-refractivity contribution in [2.45, 2.75) is 6.61 Å². The van der Waals surface area contributed by atoms with Gasteiger partial charge in [0.1, 0.15) is 18.2 Å². The first-order valence-electron chi connectivity index (χ1n) is 10.1. The molecule has 32 heavy (non-hydrogen) atoms. The Labute approximate surface area is 190 Å². The molecule has 2 aliphatic rings. The number of ether oxygens (including phenoxy) is 1. The van der Waals surface area contributed by atoms with Crippen molar-refractivity contribution in [3.63, 3.8) is 0 Å². The molecule has 156 valence electrons. The van der Waals surface area contributed by atoms with Crippen LogP contribution in [0.1, 0.15) is 16.7 Å². The Morgan fingerprint density at radius 3 is 2.34 bits per heavy atom. The highest BCUT2D eigenvalue weighted by atomic mass is 32.2. The number of rotatable bonds is 5. The quantitative estimate of drug-likeness (QED) is 0.530. The number of nitrogens with one attached hydrogen (secondary N) is 1. The van der Waals surface area contributed by atoms with E-state index < -0.39 is 5.91 Å². The average molecular weight is 438 g/mol. The van der Waals surface area contributed by atoms with Gasteiger partial charge in [0.25, 0.3) is 5.91 Å². The lowest BCUT2D eigenvalue weighted by Crippen LogP contribution is -2.37. The molecule has 5 rings (SSSR count). The molecule has 6 heteroatoms. The van der Waals surface area contributed by atoms with Crippen LogP contribution in [0.2, 0.25) is 0 Å².